The van der Waals surface area contributed by atoms with E-state index in [2.05, 4.69) is 5.32 Å². The number of non-ortho nitro benzene ring substituents is 1. The van der Waals surface area contributed by atoms with Gasteiger partial charge in [0.2, 0.25) is 0 Å². The number of hydrogen-bond acceptors (Lipinski definition) is 4. The summed E-state index contributed by atoms with van der Waals surface area (Å²) in [6, 6.07) is 11.3. The van der Waals surface area contributed by atoms with Crippen molar-refractivity contribution in [3.05, 3.63) is 63.2 Å². The largest absolute Gasteiger partial charge is 0.484 e. The van der Waals surface area contributed by atoms with Gasteiger partial charge in [-0.25, -0.2) is 0 Å². The Labute approximate surface area is 138 Å². The maximum Gasteiger partial charge on any atom is 0.271 e. The fourth-order valence-corrected chi connectivity index (χ4v) is 2.13. The molecule has 0 radical (unpaired) electrons. The van der Waals surface area contributed by atoms with Gasteiger partial charge in [0.05, 0.1) is 15.6 Å². The molecule has 0 aliphatic heterocycles. The molecule has 0 saturated carbocycles. The molecule has 120 valence electrons. The molecule has 7 heteroatoms. The van der Waals surface area contributed by atoms with Crippen LogP contribution in [0.2, 0.25) is 5.02 Å². The van der Waals surface area contributed by atoms with E-state index in [-0.39, 0.29) is 17.3 Å². The Morgan fingerprint density at radius 2 is 2.09 bits per heavy atom. The summed E-state index contributed by atoms with van der Waals surface area (Å²) in [7, 11) is 0. The first-order valence-electron chi connectivity index (χ1n) is 6.95. The van der Waals surface area contributed by atoms with Crippen molar-refractivity contribution in [3.63, 3.8) is 0 Å². The average Bonchev–Trinajstić information content (AvgIpc) is 2.55. The van der Waals surface area contributed by atoms with Gasteiger partial charge in [-0.15, -0.1) is 0 Å². The van der Waals surface area contributed by atoms with Gasteiger partial charge in [0.25, 0.3) is 11.6 Å². The van der Waals surface area contributed by atoms with Crippen LogP contribution in [0.5, 0.6) is 5.75 Å². The molecule has 0 aromatic heterocycles. The molecule has 1 amide bonds. The smallest absolute Gasteiger partial charge is 0.271 e. The number of rotatable bonds is 6. The van der Waals surface area contributed by atoms with Crippen LogP contribution in [0.25, 0.3) is 0 Å². The maximum absolute atomic E-state index is 11.9. The van der Waals surface area contributed by atoms with Crippen LogP contribution in [0.3, 0.4) is 0 Å². The minimum Gasteiger partial charge on any atom is -0.484 e. The molecule has 2 rings (SSSR count). The van der Waals surface area contributed by atoms with Crippen LogP contribution in [-0.4, -0.2) is 17.4 Å². The van der Waals surface area contributed by atoms with Crippen LogP contribution in [0, 0.1) is 10.1 Å². The first kappa shape index (κ1) is 16.8. The summed E-state index contributed by atoms with van der Waals surface area (Å²) in [5, 5.41) is 13.3. The summed E-state index contributed by atoms with van der Waals surface area (Å²) in [6.07, 6.45) is 0.877. The molecule has 1 N–H and O–H groups in total. The van der Waals surface area contributed by atoms with E-state index in [0.29, 0.717) is 11.4 Å². The summed E-state index contributed by atoms with van der Waals surface area (Å²) in [5.41, 5.74) is 1.27. The molecule has 0 atom stereocenters. The third-order valence-corrected chi connectivity index (χ3v) is 3.43. The normalized spacial score (nSPS) is 10.2. The average molecular weight is 335 g/mol. The molecule has 23 heavy (non-hydrogen) atoms. The topological polar surface area (TPSA) is 81.5 Å². The van der Waals surface area contributed by atoms with Gasteiger partial charge in [0, 0.05) is 12.1 Å². The van der Waals surface area contributed by atoms with E-state index in [0.717, 1.165) is 12.0 Å². The van der Waals surface area contributed by atoms with Gasteiger partial charge in [0.15, 0.2) is 6.61 Å². The number of amides is 1. The van der Waals surface area contributed by atoms with E-state index in [4.69, 9.17) is 16.3 Å². The van der Waals surface area contributed by atoms with E-state index in [1.54, 1.807) is 6.07 Å². The molecule has 0 heterocycles. The van der Waals surface area contributed by atoms with Crippen LogP contribution in [0.1, 0.15) is 12.5 Å². The Morgan fingerprint density at radius 3 is 2.74 bits per heavy atom. The second kappa shape index (κ2) is 7.60. The van der Waals surface area contributed by atoms with E-state index in [1.165, 1.54) is 18.2 Å². The molecule has 2 aromatic rings. The summed E-state index contributed by atoms with van der Waals surface area (Å²) in [4.78, 5) is 22.0. The van der Waals surface area contributed by atoms with Gasteiger partial charge in [-0.05, 0) is 30.2 Å². The van der Waals surface area contributed by atoms with Crippen LogP contribution < -0.4 is 10.1 Å². The Kier molecular flexibility index (Phi) is 5.54. The highest BCUT2D eigenvalue weighted by molar-refractivity contribution is 6.34. The van der Waals surface area contributed by atoms with Crippen LogP contribution in [-0.2, 0) is 11.2 Å². The number of anilines is 1. The molecule has 0 aliphatic rings. The zero-order valence-electron chi connectivity index (χ0n) is 12.4. The van der Waals surface area contributed by atoms with Crippen molar-refractivity contribution in [1.29, 1.82) is 0 Å². The molecule has 0 spiro atoms. The van der Waals surface area contributed by atoms with Gasteiger partial charge in [-0.3, -0.25) is 14.9 Å². The van der Waals surface area contributed by atoms with Crippen molar-refractivity contribution in [2.24, 2.45) is 0 Å². The molecule has 0 aliphatic carbocycles. The molecule has 0 bridgehead atoms. The number of halogens is 1. The molecule has 0 fully saturated rings. The minimum absolute atomic E-state index is 0.0977. The van der Waals surface area contributed by atoms with Crippen molar-refractivity contribution in [2.75, 3.05) is 11.9 Å². The molecule has 6 nitrogen and oxygen atoms in total. The predicted molar refractivity (Wildman–Crippen MR) is 88.1 cm³/mol. The standard InChI is InChI=1S/C16H15ClN2O4/c1-2-11-4-3-5-13(8-11)23-10-16(20)18-15-7-6-12(19(21)22)9-14(15)17/h3-9H,2,10H2,1H3,(H,18,20). The van der Waals surface area contributed by atoms with Crippen molar-refractivity contribution in [3.8, 4) is 5.75 Å². The third kappa shape index (κ3) is 4.69. The molecular weight excluding hydrogens is 320 g/mol. The molecule has 0 saturated heterocycles. The van der Waals surface area contributed by atoms with Gasteiger partial charge in [-0.1, -0.05) is 30.7 Å². The lowest BCUT2D eigenvalue weighted by molar-refractivity contribution is -0.384. The fourth-order valence-electron chi connectivity index (χ4n) is 1.91. The summed E-state index contributed by atoms with van der Waals surface area (Å²) >= 11 is 5.91. The van der Waals surface area contributed by atoms with Gasteiger partial charge in [-0.2, -0.15) is 0 Å². The van der Waals surface area contributed by atoms with Crippen LogP contribution >= 0.6 is 11.6 Å². The SMILES string of the molecule is CCc1cccc(OCC(=O)Nc2ccc([N+](=O)[O-])cc2Cl)c1. The van der Waals surface area contributed by atoms with Crippen molar-refractivity contribution >= 4 is 28.9 Å². The third-order valence-electron chi connectivity index (χ3n) is 3.11. The van der Waals surface area contributed by atoms with Crippen molar-refractivity contribution in [2.45, 2.75) is 13.3 Å². The second-order valence-electron chi connectivity index (χ2n) is 4.76. The fraction of sp³-hybridized carbons (Fsp3) is 0.188. The zero-order chi connectivity index (χ0) is 16.8. The lowest BCUT2D eigenvalue weighted by Crippen LogP contribution is -2.20. The Bertz CT molecular complexity index is 734. The van der Waals surface area contributed by atoms with E-state index < -0.39 is 10.8 Å². The minimum atomic E-state index is -0.554. The Morgan fingerprint density at radius 1 is 1.30 bits per heavy atom. The second-order valence-corrected chi connectivity index (χ2v) is 5.17. The zero-order valence-corrected chi connectivity index (χ0v) is 13.2. The predicted octanol–water partition coefficient (Wildman–Crippen LogP) is 3.83. The highest BCUT2D eigenvalue weighted by atomic mass is 35.5. The number of nitro groups is 1. The first-order chi connectivity index (χ1) is 11.0. The van der Waals surface area contributed by atoms with Crippen LogP contribution in [0.4, 0.5) is 11.4 Å². The molecule has 2 aromatic carbocycles. The highest BCUT2D eigenvalue weighted by Gasteiger charge is 2.12. The molecular formula is C16H15ClN2O4. The number of nitro benzene ring substituents is 1. The Balaban J connectivity index is 1.95. The number of carbonyl (C=O) groups is 1. The van der Waals surface area contributed by atoms with Gasteiger partial charge >= 0.3 is 0 Å². The number of aryl methyl sites for hydroxylation is 1. The number of benzene rings is 2. The Hall–Kier alpha value is -2.60. The number of nitrogens with one attached hydrogen (secondary N) is 1. The lowest BCUT2D eigenvalue weighted by Gasteiger charge is -2.09. The lowest BCUT2D eigenvalue weighted by atomic mass is 10.2. The number of carbonyl (C=O) groups excluding carboxylic acids is 1. The number of ether oxygens (including phenoxy) is 1. The first-order valence-corrected chi connectivity index (χ1v) is 7.33. The molecule has 0 unspecified atom stereocenters. The van der Waals surface area contributed by atoms with E-state index >= 15 is 0 Å². The van der Waals surface area contributed by atoms with Crippen LogP contribution in [0.15, 0.2) is 42.5 Å². The monoisotopic (exact) mass is 334 g/mol. The highest BCUT2D eigenvalue weighted by Crippen LogP contribution is 2.26. The van der Waals surface area contributed by atoms with Crippen molar-refractivity contribution in [1.82, 2.24) is 0 Å². The maximum atomic E-state index is 11.9. The van der Waals surface area contributed by atoms with E-state index in [9.17, 15) is 14.9 Å². The number of nitrogens with zero attached hydrogens (tertiary/aromatic N) is 1. The summed E-state index contributed by atoms with van der Waals surface area (Å²) in [5.74, 6) is 0.206. The summed E-state index contributed by atoms with van der Waals surface area (Å²) in [6.45, 7) is 1.85. The van der Waals surface area contributed by atoms with Gasteiger partial charge in [0.1, 0.15) is 5.75 Å². The summed E-state index contributed by atoms with van der Waals surface area (Å²) < 4.78 is 5.42. The van der Waals surface area contributed by atoms with E-state index in [1.807, 2.05) is 25.1 Å². The number of hydrogen-bond donors (Lipinski definition) is 1. The van der Waals surface area contributed by atoms with Gasteiger partial charge < -0.3 is 10.1 Å². The quantitative estimate of drug-likeness (QED) is 0.643. The van der Waals surface area contributed by atoms with Crippen molar-refractivity contribution < 1.29 is 14.5 Å².